The minimum Gasteiger partial charge on any atom is -0.417 e. The molecule has 6 heteroatoms. The number of aromatic nitrogens is 1. The number of rotatable bonds is 4. The molecule has 3 aromatic rings. The Bertz CT molecular complexity index is 843. The number of thiophene rings is 1. The van der Waals surface area contributed by atoms with E-state index in [1.54, 1.807) is 17.6 Å². The fourth-order valence-corrected chi connectivity index (χ4v) is 2.63. The smallest absolute Gasteiger partial charge is 0.252 e. The van der Waals surface area contributed by atoms with Gasteiger partial charge in [0, 0.05) is 10.4 Å². The normalized spacial score (nSPS) is 10.7. The van der Waals surface area contributed by atoms with E-state index < -0.39 is 0 Å². The second kappa shape index (κ2) is 6.24. The monoisotopic (exact) mass is 308 g/mol. The molecule has 0 bridgehead atoms. The van der Waals surface area contributed by atoms with Crippen LogP contribution in [0.5, 0.6) is 0 Å². The van der Waals surface area contributed by atoms with E-state index in [4.69, 9.17) is 9.68 Å². The summed E-state index contributed by atoms with van der Waals surface area (Å²) in [6.07, 6.45) is 1.70. The molecular formula is C16H12N4OS. The Morgan fingerprint density at radius 1 is 1.32 bits per heavy atom. The van der Waals surface area contributed by atoms with Crippen molar-refractivity contribution in [1.82, 2.24) is 4.98 Å². The first kappa shape index (κ1) is 14.0. The van der Waals surface area contributed by atoms with Crippen molar-refractivity contribution >= 4 is 23.4 Å². The fourth-order valence-electron chi connectivity index (χ4n) is 1.84. The van der Waals surface area contributed by atoms with Gasteiger partial charge in [0.1, 0.15) is 6.07 Å². The molecule has 0 amide bonds. The van der Waals surface area contributed by atoms with Gasteiger partial charge in [-0.15, -0.1) is 11.3 Å². The van der Waals surface area contributed by atoms with Crippen molar-refractivity contribution in [2.24, 2.45) is 5.10 Å². The van der Waals surface area contributed by atoms with Gasteiger partial charge in [-0.3, -0.25) is 0 Å². The molecule has 0 spiro atoms. The minimum absolute atomic E-state index is 0.180. The number of benzene rings is 1. The van der Waals surface area contributed by atoms with Gasteiger partial charge in [-0.05, 0) is 36.1 Å². The molecule has 1 N–H and O–H groups in total. The maximum atomic E-state index is 9.14. The summed E-state index contributed by atoms with van der Waals surface area (Å²) in [7, 11) is 0. The Morgan fingerprint density at radius 3 is 2.82 bits per heavy atom. The maximum absolute atomic E-state index is 9.14. The minimum atomic E-state index is 0.180. The Labute approximate surface area is 131 Å². The van der Waals surface area contributed by atoms with Crippen LogP contribution in [0.15, 0.2) is 51.3 Å². The van der Waals surface area contributed by atoms with Crippen molar-refractivity contribution in [3.05, 3.63) is 57.9 Å². The van der Waals surface area contributed by atoms with Gasteiger partial charge in [0.15, 0.2) is 0 Å². The lowest BCUT2D eigenvalue weighted by Crippen LogP contribution is -1.91. The number of hydrogen-bond acceptors (Lipinski definition) is 6. The molecule has 3 rings (SSSR count). The van der Waals surface area contributed by atoms with E-state index >= 15 is 0 Å². The molecule has 5 nitrogen and oxygen atoms in total. The zero-order valence-corrected chi connectivity index (χ0v) is 12.6. The quantitative estimate of drug-likeness (QED) is 0.583. The van der Waals surface area contributed by atoms with Crippen LogP contribution < -0.4 is 5.43 Å². The molecule has 1 aromatic carbocycles. The highest BCUT2D eigenvalue weighted by Crippen LogP contribution is 2.25. The molecule has 0 unspecified atom stereocenters. The number of nitrogens with one attached hydrogen (secondary N) is 1. The Kier molecular flexibility index (Phi) is 3.99. The fraction of sp³-hybridized carbons (Fsp3) is 0.0625. The number of hydrogen-bond donors (Lipinski definition) is 1. The molecule has 0 aliphatic rings. The number of nitrogens with zero attached hydrogens (tertiary/aromatic N) is 3. The predicted octanol–water partition coefficient (Wildman–Crippen LogP) is 4.03. The molecule has 2 aromatic heterocycles. The van der Waals surface area contributed by atoms with Gasteiger partial charge in [0.2, 0.25) is 11.6 Å². The number of oxazole rings is 1. The lowest BCUT2D eigenvalue weighted by molar-refractivity contribution is 0.587. The summed E-state index contributed by atoms with van der Waals surface area (Å²) >= 11 is 1.60. The van der Waals surface area contributed by atoms with Crippen LogP contribution in [-0.4, -0.2) is 11.2 Å². The molecule has 108 valence electrons. The van der Waals surface area contributed by atoms with E-state index in [-0.39, 0.29) is 11.6 Å². The van der Waals surface area contributed by atoms with Crippen molar-refractivity contribution in [2.75, 3.05) is 5.43 Å². The van der Waals surface area contributed by atoms with Gasteiger partial charge in [-0.2, -0.15) is 15.3 Å². The van der Waals surface area contributed by atoms with Crippen LogP contribution in [0.25, 0.3) is 11.5 Å². The van der Waals surface area contributed by atoms with Gasteiger partial charge < -0.3 is 4.42 Å². The average Bonchev–Trinajstić information content (AvgIpc) is 3.15. The third-order valence-corrected chi connectivity index (χ3v) is 3.96. The lowest BCUT2D eigenvalue weighted by Gasteiger charge is -1.95. The van der Waals surface area contributed by atoms with Crippen LogP contribution in [0.1, 0.15) is 16.1 Å². The molecule has 2 heterocycles. The van der Waals surface area contributed by atoms with Crippen LogP contribution in [0, 0.1) is 18.3 Å². The van der Waals surface area contributed by atoms with E-state index in [9.17, 15) is 0 Å². The van der Waals surface area contributed by atoms with Gasteiger partial charge in [-0.25, -0.2) is 5.43 Å². The molecule has 0 radical (unpaired) electrons. The zero-order chi connectivity index (χ0) is 15.4. The van der Waals surface area contributed by atoms with Crippen molar-refractivity contribution in [2.45, 2.75) is 6.92 Å². The largest absolute Gasteiger partial charge is 0.417 e. The second-order valence-electron chi connectivity index (χ2n) is 4.51. The third-order valence-electron chi connectivity index (χ3n) is 3.00. The summed E-state index contributed by atoms with van der Waals surface area (Å²) in [6.45, 7) is 2.01. The van der Waals surface area contributed by atoms with Crippen LogP contribution in [-0.2, 0) is 0 Å². The molecule has 0 atom stereocenters. The second-order valence-corrected chi connectivity index (χ2v) is 5.46. The zero-order valence-electron chi connectivity index (χ0n) is 11.8. The molecule has 0 aliphatic carbocycles. The first-order valence-electron chi connectivity index (χ1n) is 6.57. The summed E-state index contributed by atoms with van der Waals surface area (Å²) in [5.74, 6) is 0.633. The van der Waals surface area contributed by atoms with Crippen molar-refractivity contribution in [1.29, 1.82) is 5.26 Å². The van der Waals surface area contributed by atoms with E-state index in [2.05, 4.69) is 15.5 Å². The van der Waals surface area contributed by atoms with E-state index in [0.29, 0.717) is 5.89 Å². The average molecular weight is 308 g/mol. The van der Waals surface area contributed by atoms with Crippen molar-refractivity contribution < 1.29 is 4.42 Å². The standard InChI is InChI=1S/C16H12N4OS/c1-11-7-8-22-14(11)10-18-20-16-13(9-17)19-15(21-16)12-5-3-2-4-6-12/h2-8,10,20H,1H3/b18-10-. The number of nitriles is 1. The van der Waals surface area contributed by atoms with Gasteiger partial charge in [0.05, 0.1) is 6.21 Å². The van der Waals surface area contributed by atoms with Crippen LogP contribution in [0.2, 0.25) is 0 Å². The van der Waals surface area contributed by atoms with Crippen LogP contribution in [0.4, 0.5) is 5.88 Å². The van der Waals surface area contributed by atoms with E-state index in [1.807, 2.05) is 54.8 Å². The summed E-state index contributed by atoms with van der Waals surface area (Å²) in [5.41, 5.74) is 4.89. The van der Waals surface area contributed by atoms with E-state index in [0.717, 1.165) is 16.0 Å². The molecule has 0 saturated heterocycles. The summed E-state index contributed by atoms with van der Waals surface area (Å²) in [5, 5.41) is 15.3. The van der Waals surface area contributed by atoms with Crippen molar-refractivity contribution in [3.8, 4) is 17.5 Å². The molecule has 0 saturated carbocycles. The van der Waals surface area contributed by atoms with Crippen molar-refractivity contribution in [3.63, 3.8) is 0 Å². The Hall–Kier alpha value is -2.91. The lowest BCUT2D eigenvalue weighted by atomic mass is 10.2. The van der Waals surface area contributed by atoms with Crippen LogP contribution >= 0.6 is 11.3 Å². The number of anilines is 1. The number of aryl methyl sites for hydroxylation is 1. The first-order chi connectivity index (χ1) is 10.8. The SMILES string of the molecule is Cc1ccsc1/C=N\Nc1oc(-c2ccccc2)nc1C#N. The highest BCUT2D eigenvalue weighted by atomic mass is 32.1. The molecule has 0 fully saturated rings. The topological polar surface area (TPSA) is 74.2 Å². The van der Waals surface area contributed by atoms with Crippen LogP contribution in [0.3, 0.4) is 0 Å². The highest BCUT2D eigenvalue weighted by molar-refractivity contribution is 7.11. The maximum Gasteiger partial charge on any atom is 0.252 e. The Balaban J connectivity index is 1.82. The summed E-state index contributed by atoms with van der Waals surface area (Å²) in [4.78, 5) is 5.22. The van der Waals surface area contributed by atoms with Gasteiger partial charge in [0.25, 0.3) is 5.88 Å². The van der Waals surface area contributed by atoms with Gasteiger partial charge >= 0.3 is 0 Å². The summed E-state index contributed by atoms with van der Waals surface area (Å²) < 4.78 is 5.59. The van der Waals surface area contributed by atoms with Gasteiger partial charge in [-0.1, -0.05) is 18.2 Å². The third kappa shape index (κ3) is 2.90. The van der Waals surface area contributed by atoms with E-state index in [1.165, 1.54) is 0 Å². The Morgan fingerprint density at radius 2 is 2.14 bits per heavy atom. The molecular weight excluding hydrogens is 296 g/mol. The predicted molar refractivity (Wildman–Crippen MR) is 86.9 cm³/mol. The summed E-state index contributed by atoms with van der Waals surface area (Å²) in [6, 6.07) is 13.4. The molecule has 0 aliphatic heterocycles. The molecule has 22 heavy (non-hydrogen) atoms. The number of hydrazone groups is 1. The first-order valence-corrected chi connectivity index (χ1v) is 7.45. The highest BCUT2D eigenvalue weighted by Gasteiger charge is 2.13.